The summed E-state index contributed by atoms with van der Waals surface area (Å²) >= 11 is 7.94. The number of nitrogens with zero attached hydrogens (tertiary/aromatic N) is 4. The fourth-order valence-corrected chi connectivity index (χ4v) is 4.70. The van der Waals surface area contributed by atoms with Gasteiger partial charge in [-0.2, -0.15) is 4.98 Å². The summed E-state index contributed by atoms with van der Waals surface area (Å²) in [5.41, 5.74) is 1.49. The fourth-order valence-electron chi connectivity index (χ4n) is 4.32. The van der Waals surface area contributed by atoms with E-state index in [1.54, 1.807) is 23.9 Å². The van der Waals surface area contributed by atoms with Crippen molar-refractivity contribution in [3.05, 3.63) is 45.8 Å². The third-order valence-electron chi connectivity index (χ3n) is 5.67. The van der Waals surface area contributed by atoms with Crippen LogP contribution in [0.5, 0.6) is 5.75 Å². The van der Waals surface area contributed by atoms with E-state index >= 15 is 0 Å². The molecule has 0 spiro atoms. The summed E-state index contributed by atoms with van der Waals surface area (Å²) in [5.74, 6) is 3.21. The van der Waals surface area contributed by atoms with E-state index < -0.39 is 0 Å². The minimum atomic E-state index is -0.152. The quantitative estimate of drug-likeness (QED) is 0.510. The lowest BCUT2D eigenvalue weighted by Crippen LogP contribution is -2.39. The first-order valence-corrected chi connectivity index (χ1v) is 12.4. The van der Waals surface area contributed by atoms with Crippen LogP contribution in [0.2, 0.25) is 5.02 Å². The number of rotatable bonds is 6. The molecule has 0 saturated carbocycles. The Balaban J connectivity index is 1.64. The standard InChI is InChI=1S/C23H28ClN5O2S/c1-14-7-15(2)12-29(11-14)23-25-10-18(24)21(27-23)26-17-5-6-19-16(8-17)9-20(31-13-32-4)22(30)28(19)3/h5-6,8-10,14-15H,7,11-13H2,1-4H3,(H,25,26,27). The van der Waals surface area contributed by atoms with Gasteiger partial charge in [0.15, 0.2) is 11.6 Å². The van der Waals surface area contributed by atoms with Crippen LogP contribution in [0.25, 0.3) is 10.9 Å². The molecule has 9 heteroatoms. The number of fused-ring (bicyclic) bond motifs is 1. The molecule has 1 aliphatic rings. The Hall–Kier alpha value is -2.45. The number of halogens is 1. The molecule has 1 aromatic carbocycles. The van der Waals surface area contributed by atoms with Crippen LogP contribution in [0.15, 0.2) is 35.3 Å². The number of ether oxygens (including phenoxy) is 1. The summed E-state index contributed by atoms with van der Waals surface area (Å²) in [6, 6.07) is 7.56. The van der Waals surface area contributed by atoms with Crippen molar-refractivity contribution in [3.8, 4) is 5.75 Å². The van der Waals surface area contributed by atoms with Gasteiger partial charge < -0.3 is 19.5 Å². The molecule has 2 aromatic heterocycles. The van der Waals surface area contributed by atoms with Crippen LogP contribution < -0.4 is 20.5 Å². The zero-order valence-electron chi connectivity index (χ0n) is 18.8. The predicted molar refractivity (Wildman–Crippen MR) is 134 cm³/mol. The largest absolute Gasteiger partial charge is 0.477 e. The van der Waals surface area contributed by atoms with E-state index in [9.17, 15) is 4.79 Å². The highest BCUT2D eigenvalue weighted by molar-refractivity contribution is 7.98. The molecule has 0 aliphatic carbocycles. The van der Waals surface area contributed by atoms with E-state index in [0.717, 1.165) is 29.7 Å². The maximum absolute atomic E-state index is 12.5. The number of nitrogens with one attached hydrogen (secondary N) is 1. The molecule has 4 rings (SSSR count). The van der Waals surface area contributed by atoms with Gasteiger partial charge in [-0.15, -0.1) is 11.8 Å². The van der Waals surface area contributed by atoms with Crippen molar-refractivity contribution in [2.45, 2.75) is 20.3 Å². The van der Waals surface area contributed by atoms with Crippen LogP contribution in [-0.4, -0.2) is 39.8 Å². The van der Waals surface area contributed by atoms with Crippen LogP contribution in [0.3, 0.4) is 0 Å². The topological polar surface area (TPSA) is 72.3 Å². The first kappa shape index (κ1) is 22.7. The highest BCUT2D eigenvalue weighted by Gasteiger charge is 2.24. The Morgan fingerprint density at radius 1 is 1.25 bits per heavy atom. The number of benzene rings is 1. The number of thioether (sulfide) groups is 1. The molecule has 3 aromatic rings. The van der Waals surface area contributed by atoms with E-state index in [1.165, 1.54) is 18.2 Å². The summed E-state index contributed by atoms with van der Waals surface area (Å²) in [4.78, 5) is 23.9. The first-order valence-electron chi connectivity index (χ1n) is 10.7. The minimum absolute atomic E-state index is 0.152. The molecule has 7 nitrogen and oxygen atoms in total. The van der Waals surface area contributed by atoms with Gasteiger partial charge in [-0.05, 0) is 48.8 Å². The molecule has 3 heterocycles. The molecular formula is C23H28ClN5O2S. The molecule has 170 valence electrons. The number of hydrogen-bond donors (Lipinski definition) is 1. The molecule has 1 saturated heterocycles. The second-order valence-corrected chi connectivity index (χ2v) is 9.76. The first-order chi connectivity index (χ1) is 15.4. The van der Waals surface area contributed by atoms with Gasteiger partial charge in [0.25, 0.3) is 5.56 Å². The normalized spacial score (nSPS) is 18.7. The maximum Gasteiger partial charge on any atom is 0.293 e. The van der Waals surface area contributed by atoms with Crippen LogP contribution >= 0.6 is 23.4 Å². The van der Waals surface area contributed by atoms with E-state index in [4.69, 9.17) is 21.3 Å². The lowest BCUT2D eigenvalue weighted by atomic mass is 9.92. The predicted octanol–water partition coefficient (Wildman–Crippen LogP) is 4.91. The van der Waals surface area contributed by atoms with E-state index in [-0.39, 0.29) is 5.56 Å². The number of anilines is 3. The van der Waals surface area contributed by atoms with E-state index in [2.05, 4.69) is 29.0 Å². The van der Waals surface area contributed by atoms with Gasteiger partial charge >= 0.3 is 0 Å². The number of piperidine rings is 1. The third-order valence-corrected chi connectivity index (χ3v) is 6.30. The van der Waals surface area contributed by atoms with Crippen LogP contribution in [0.4, 0.5) is 17.5 Å². The van der Waals surface area contributed by atoms with Crippen molar-refractivity contribution in [2.75, 3.05) is 35.5 Å². The molecule has 2 unspecified atom stereocenters. The van der Waals surface area contributed by atoms with Gasteiger partial charge in [0.05, 0.1) is 11.7 Å². The van der Waals surface area contributed by atoms with Crippen molar-refractivity contribution in [3.63, 3.8) is 0 Å². The SMILES string of the molecule is CSCOc1cc2cc(Nc3nc(N4CC(C)CC(C)C4)ncc3Cl)ccc2n(C)c1=O. The number of aryl methyl sites for hydroxylation is 1. The molecule has 1 fully saturated rings. The van der Waals surface area contributed by atoms with Crippen molar-refractivity contribution in [2.24, 2.45) is 18.9 Å². The van der Waals surface area contributed by atoms with Crippen molar-refractivity contribution >= 4 is 51.7 Å². The summed E-state index contributed by atoms with van der Waals surface area (Å²) in [7, 11) is 1.75. The number of hydrogen-bond acceptors (Lipinski definition) is 7. The number of aromatic nitrogens is 3. The molecule has 1 N–H and O–H groups in total. The van der Waals surface area contributed by atoms with E-state index in [1.807, 2.05) is 24.5 Å². The summed E-state index contributed by atoms with van der Waals surface area (Å²) in [6.45, 7) is 6.40. The Morgan fingerprint density at radius 3 is 2.72 bits per heavy atom. The third kappa shape index (κ3) is 4.81. The average Bonchev–Trinajstić information content (AvgIpc) is 2.76. The zero-order chi connectivity index (χ0) is 22.8. The Labute approximate surface area is 197 Å². The lowest BCUT2D eigenvalue weighted by molar-refractivity contribution is 0.353. The van der Waals surface area contributed by atoms with Crippen molar-refractivity contribution in [1.29, 1.82) is 0 Å². The second-order valence-electron chi connectivity index (χ2n) is 8.54. The van der Waals surface area contributed by atoms with Gasteiger partial charge in [-0.1, -0.05) is 25.4 Å². The highest BCUT2D eigenvalue weighted by Crippen LogP contribution is 2.30. The summed E-state index contributed by atoms with van der Waals surface area (Å²) in [6.07, 6.45) is 4.80. The fraction of sp³-hybridized carbons (Fsp3) is 0.435. The molecule has 32 heavy (non-hydrogen) atoms. The Kier molecular flexibility index (Phi) is 6.81. The molecular weight excluding hydrogens is 446 g/mol. The molecule has 0 amide bonds. The van der Waals surface area contributed by atoms with Gasteiger partial charge in [0, 0.05) is 31.2 Å². The zero-order valence-corrected chi connectivity index (χ0v) is 20.3. The molecule has 2 atom stereocenters. The Morgan fingerprint density at radius 2 is 2.00 bits per heavy atom. The van der Waals surface area contributed by atoms with Crippen molar-refractivity contribution < 1.29 is 4.74 Å². The minimum Gasteiger partial charge on any atom is -0.477 e. The highest BCUT2D eigenvalue weighted by atomic mass is 35.5. The monoisotopic (exact) mass is 473 g/mol. The molecule has 0 bridgehead atoms. The smallest absolute Gasteiger partial charge is 0.293 e. The van der Waals surface area contributed by atoms with Gasteiger partial charge in [-0.25, -0.2) is 4.98 Å². The van der Waals surface area contributed by atoms with Crippen LogP contribution in [0, 0.1) is 11.8 Å². The summed E-state index contributed by atoms with van der Waals surface area (Å²) in [5, 5.41) is 4.66. The molecule has 1 aliphatic heterocycles. The van der Waals surface area contributed by atoms with Gasteiger partial charge in [0.2, 0.25) is 5.95 Å². The lowest BCUT2D eigenvalue weighted by Gasteiger charge is -2.35. The van der Waals surface area contributed by atoms with Gasteiger partial charge in [-0.3, -0.25) is 4.79 Å². The number of pyridine rings is 1. The Bertz CT molecular complexity index is 1170. The van der Waals surface area contributed by atoms with Gasteiger partial charge in [0.1, 0.15) is 11.0 Å². The van der Waals surface area contributed by atoms with E-state index in [0.29, 0.717) is 40.3 Å². The molecule has 0 radical (unpaired) electrons. The second kappa shape index (κ2) is 9.58. The summed E-state index contributed by atoms with van der Waals surface area (Å²) < 4.78 is 7.21. The average molecular weight is 474 g/mol. The van der Waals surface area contributed by atoms with Crippen LogP contribution in [0.1, 0.15) is 20.3 Å². The van der Waals surface area contributed by atoms with Crippen molar-refractivity contribution in [1.82, 2.24) is 14.5 Å². The maximum atomic E-state index is 12.5. The van der Waals surface area contributed by atoms with Crippen LogP contribution in [-0.2, 0) is 7.05 Å².